The lowest BCUT2D eigenvalue weighted by Crippen LogP contribution is -2.48. The molecule has 0 saturated carbocycles. The number of aryl methyl sites for hydroxylation is 1. The number of amides is 2. The molecule has 0 N–H and O–H groups in total. The highest BCUT2D eigenvalue weighted by Gasteiger charge is 2.32. The van der Waals surface area contributed by atoms with Crippen LogP contribution in [0.2, 0.25) is 0 Å². The topological polar surface area (TPSA) is 59.1 Å². The summed E-state index contributed by atoms with van der Waals surface area (Å²) in [6.45, 7) is 4.02. The number of carbonyl (C=O) groups is 2. The first-order valence-electron chi connectivity index (χ1n) is 10.5. The third-order valence-corrected chi connectivity index (χ3v) is 5.78. The number of rotatable bonds is 4. The number of nitrogens with zero attached hydrogens (tertiary/aromatic N) is 2. The lowest BCUT2D eigenvalue weighted by molar-refractivity contribution is -0.137. The van der Waals surface area contributed by atoms with Gasteiger partial charge in [-0.2, -0.15) is 0 Å². The first kappa shape index (κ1) is 20.3. The van der Waals surface area contributed by atoms with Crippen molar-refractivity contribution in [3.63, 3.8) is 0 Å². The van der Waals surface area contributed by atoms with E-state index in [-0.39, 0.29) is 23.8 Å². The van der Waals surface area contributed by atoms with Gasteiger partial charge in [0.1, 0.15) is 6.61 Å². The maximum Gasteiger partial charge on any atom is 0.253 e. The van der Waals surface area contributed by atoms with Crippen LogP contribution in [0.25, 0.3) is 0 Å². The Morgan fingerprint density at radius 2 is 1.83 bits per heavy atom. The highest BCUT2D eigenvalue weighted by atomic mass is 16.6. The second-order valence-corrected chi connectivity index (χ2v) is 8.17. The summed E-state index contributed by atoms with van der Waals surface area (Å²) in [6.07, 6.45) is 1.42. The molecule has 2 atom stereocenters. The Morgan fingerprint density at radius 3 is 2.60 bits per heavy atom. The van der Waals surface area contributed by atoms with E-state index in [1.165, 1.54) is 0 Å². The highest BCUT2D eigenvalue weighted by molar-refractivity contribution is 5.94. The smallest absolute Gasteiger partial charge is 0.253 e. The highest BCUT2D eigenvalue weighted by Crippen LogP contribution is 2.31. The average Bonchev–Trinajstić information content (AvgIpc) is 2.78. The summed E-state index contributed by atoms with van der Waals surface area (Å²) in [6, 6.07) is 15.2. The molecule has 4 rings (SSSR count). The van der Waals surface area contributed by atoms with Crippen LogP contribution in [0, 0.1) is 12.8 Å². The van der Waals surface area contributed by atoms with Gasteiger partial charge in [-0.1, -0.05) is 29.8 Å². The molecule has 2 aromatic rings. The lowest BCUT2D eigenvalue weighted by Gasteiger charge is -2.35. The Balaban J connectivity index is 1.34. The molecule has 0 radical (unpaired) electrons. The molecule has 1 saturated heterocycles. The zero-order valence-electron chi connectivity index (χ0n) is 17.5. The number of hydrogen-bond donors (Lipinski definition) is 0. The second-order valence-electron chi connectivity index (χ2n) is 8.17. The van der Waals surface area contributed by atoms with Crippen molar-refractivity contribution in [2.24, 2.45) is 5.92 Å². The fourth-order valence-electron chi connectivity index (χ4n) is 4.10. The van der Waals surface area contributed by atoms with Crippen molar-refractivity contribution in [3.8, 4) is 11.5 Å². The van der Waals surface area contributed by atoms with Crippen molar-refractivity contribution < 1.29 is 19.1 Å². The van der Waals surface area contributed by atoms with Gasteiger partial charge in [-0.25, -0.2) is 0 Å². The minimum atomic E-state index is -0.206. The average molecular weight is 408 g/mol. The second kappa shape index (κ2) is 8.78. The molecule has 6 heteroatoms. The van der Waals surface area contributed by atoms with E-state index in [0.29, 0.717) is 37.6 Å². The van der Waals surface area contributed by atoms with Crippen LogP contribution in [-0.4, -0.2) is 61.0 Å². The summed E-state index contributed by atoms with van der Waals surface area (Å²) in [5.41, 5.74) is 1.80. The molecule has 6 nitrogen and oxygen atoms in total. The van der Waals surface area contributed by atoms with E-state index < -0.39 is 0 Å². The van der Waals surface area contributed by atoms with Gasteiger partial charge in [-0.05, 0) is 44.0 Å². The van der Waals surface area contributed by atoms with E-state index in [4.69, 9.17) is 9.47 Å². The predicted octanol–water partition coefficient (Wildman–Crippen LogP) is 3.15. The van der Waals surface area contributed by atoms with Gasteiger partial charge in [0.25, 0.3) is 5.91 Å². The van der Waals surface area contributed by atoms with Gasteiger partial charge in [0.05, 0.1) is 12.5 Å². The molecule has 0 bridgehead atoms. The largest absolute Gasteiger partial charge is 0.486 e. The number of piperidine rings is 1. The Bertz CT molecular complexity index is 912. The minimum absolute atomic E-state index is 0.00391. The van der Waals surface area contributed by atoms with E-state index in [0.717, 1.165) is 24.2 Å². The van der Waals surface area contributed by atoms with Crippen LogP contribution in [0.3, 0.4) is 0 Å². The third-order valence-electron chi connectivity index (χ3n) is 5.78. The number of likely N-dealkylation sites (N-methyl/N-ethyl adjacent to an activating group) is 1. The number of hydrogen-bond acceptors (Lipinski definition) is 4. The van der Waals surface area contributed by atoms with E-state index >= 15 is 0 Å². The maximum absolute atomic E-state index is 13.1. The van der Waals surface area contributed by atoms with Crippen molar-refractivity contribution in [1.82, 2.24) is 9.80 Å². The van der Waals surface area contributed by atoms with Gasteiger partial charge >= 0.3 is 0 Å². The van der Waals surface area contributed by atoms with Gasteiger partial charge in [-0.15, -0.1) is 0 Å². The Kier molecular flexibility index (Phi) is 5.93. The van der Waals surface area contributed by atoms with E-state index in [2.05, 4.69) is 0 Å². The quantitative estimate of drug-likeness (QED) is 0.780. The molecule has 0 aromatic heterocycles. The van der Waals surface area contributed by atoms with Crippen molar-refractivity contribution in [2.75, 3.05) is 33.3 Å². The van der Waals surface area contributed by atoms with Crippen LogP contribution in [0.1, 0.15) is 28.8 Å². The Morgan fingerprint density at radius 1 is 1.10 bits per heavy atom. The molecular formula is C24H28N2O4. The lowest BCUT2D eigenvalue weighted by atomic mass is 9.95. The minimum Gasteiger partial charge on any atom is -0.486 e. The predicted molar refractivity (Wildman–Crippen MR) is 114 cm³/mol. The number of carbonyl (C=O) groups excluding carboxylic acids is 2. The van der Waals surface area contributed by atoms with Crippen LogP contribution in [0.5, 0.6) is 11.5 Å². The molecule has 2 aliphatic rings. The number of fused-ring (bicyclic) bond motifs is 1. The molecule has 2 amide bonds. The summed E-state index contributed by atoms with van der Waals surface area (Å²) in [5, 5.41) is 0. The number of benzene rings is 2. The van der Waals surface area contributed by atoms with Crippen molar-refractivity contribution in [3.05, 3.63) is 59.7 Å². The number of para-hydroxylation sites is 2. The third kappa shape index (κ3) is 4.42. The van der Waals surface area contributed by atoms with Gasteiger partial charge in [0.2, 0.25) is 5.91 Å². The molecule has 1 fully saturated rings. The zero-order valence-corrected chi connectivity index (χ0v) is 17.5. The van der Waals surface area contributed by atoms with Crippen LogP contribution in [-0.2, 0) is 4.79 Å². The molecule has 30 heavy (non-hydrogen) atoms. The van der Waals surface area contributed by atoms with Crippen LogP contribution in [0.4, 0.5) is 0 Å². The van der Waals surface area contributed by atoms with Gasteiger partial charge in [0, 0.05) is 25.7 Å². The molecule has 2 aliphatic heterocycles. The monoisotopic (exact) mass is 408 g/mol. The first-order chi connectivity index (χ1) is 14.5. The van der Waals surface area contributed by atoms with Crippen LogP contribution in [0.15, 0.2) is 48.5 Å². The molecule has 2 unspecified atom stereocenters. The Labute approximate surface area is 177 Å². The summed E-state index contributed by atoms with van der Waals surface area (Å²) in [5.74, 6) is 1.31. The van der Waals surface area contributed by atoms with Crippen molar-refractivity contribution in [1.29, 1.82) is 0 Å². The number of likely N-dealkylation sites (tertiary alicyclic amines) is 1. The molecular weight excluding hydrogens is 380 g/mol. The fraction of sp³-hybridized carbons (Fsp3) is 0.417. The van der Waals surface area contributed by atoms with Gasteiger partial charge in [0.15, 0.2) is 17.6 Å². The number of ether oxygens (including phenoxy) is 2. The van der Waals surface area contributed by atoms with Crippen molar-refractivity contribution >= 4 is 11.8 Å². The van der Waals surface area contributed by atoms with Crippen LogP contribution < -0.4 is 9.47 Å². The summed E-state index contributed by atoms with van der Waals surface area (Å²) < 4.78 is 11.7. The Hall–Kier alpha value is -3.02. The molecule has 0 spiro atoms. The molecule has 158 valence electrons. The normalized spacial score (nSPS) is 20.5. The maximum atomic E-state index is 13.1. The SMILES string of the molecule is Cc1ccc(C(=O)N2CCCC(C(=O)N(C)CC3COc4ccccc4O3)C2)cc1. The molecule has 2 aromatic carbocycles. The summed E-state index contributed by atoms with van der Waals surface area (Å²) >= 11 is 0. The first-order valence-corrected chi connectivity index (χ1v) is 10.5. The fourth-order valence-corrected chi connectivity index (χ4v) is 4.10. The molecule has 2 heterocycles. The van der Waals surface area contributed by atoms with E-state index in [1.54, 1.807) is 16.8 Å². The summed E-state index contributed by atoms with van der Waals surface area (Å²) in [7, 11) is 1.80. The summed E-state index contributed by atoms with van der Waals surface area (Å²) in [4.78, 5) is 29.4. The standard InChI is InChI=1S/C24H28N2O4/c1-17-9-11-18(12-10-17)24(28)26-13-5-6-19(14-26)23(27)25(2)15-20-16-29-21-7-3-4-8-22(21)30-20/h3-4,7-12,19-20H,5-6,13-16H2,1-2H3. The van der Waals surface area contributed by atoms with E-state index in [1.807, 2.05) is 55.5 Å². The van der Waals surface area contributed by atoms with Crippen LogP contribution >= 0.6 is 0 Å². The molecule has 0 aliphatic carbocycles. The zero-order chi connectivity index (χ0) is 21.1. The van der Waals surface area contributed by atoms with Gasteiger partial charge in [-0.3, -0.25) is 9.59 Å². The van der Waals surface area contributed by atoms with E-state index in [9.17, 15) is 9.59 Å². The van der Waals surface area contributed by atoms with Crippen molar-refractivity contribution in [2.45, 2.75) is 25.9 Å². The van der Waals surface area contributed by atoms with Gasteiger partial charge < -0.3 is 19.3 Å².